The molecule has 7 nitrogen and oxygen atoms in total. The molecule has 4 rings (SSSR count). The Balaban J connectivity index is 1.62. The van der Waals surface area contributed by atoms with Crippen LogP contribution in [0.3, 0.4) is 0 Å². The number of hydrogen-bond donors (Lipinski definition) is 1. The molecule has 1 atom stereocenters. The molecule has 1 aromatic carbocycles. The van der Waals surface area contributed by atoms with E-state index in [1.165, 1.54) is 18.9 Å². The minimum Gasteiger partial charge on any atom is -0.466 e. The van der Waals surface area contributed by atoms with Crippen molar-refractivity contribution in [3.8, 4) is 0 Å². The van der Waals surface area contributed by atoms with Crippen LogP contribution in [0, 0.1) is 0 Å². The number of carbonyl (C=O) groups is 2. The van der Waals surface area contributed by atoms with Crippen LogP contribution in [0.1, 0.15) is 30.6 Å². The average Bonchev–Trinajstić information content (AvgIpc) is 3.19. The van der Waals surface area contributed by atoms with Crippen molar-refractivity contribution in [3.05, 3.63) is 87.3 Å². The summed E-state index contributed by atoms with van der Waals surface area (Å²) in [6.45, 7) is 2.11. The van der Waals surface area contributed by atoms with Gasteiger partial charge in [-0.2, -0.15) is 0 Å². The number of allylic oxidation sites excluding steroid dienone is 1. The first-order valence-corrected chi connectivity index (χ1v) is 11.2. The van der Waals surface area contributed by atoms with Gasteiger partial charge in [0.1, 0.15) is 0 Å². The molecule has 0 saturated heterocycles. The lowest BCUT2D eigenvalue weighted by atomic mass is 9.94. The Kier molecular flexibility index (Phi) is 6.62. The lowest BCUT2D eigenvalue weighted by molar-refractivity contribution is -0.136. The number of fused-ring (bicyclic) bond motifs is 1. The second kappa shape index (κ2) is 9.58. The molecule has 1 aromatic heterocycles. The van der Waals surface area contributed by atoms with Crippen molar-refractivity contribution < 1.29 is 14.3 Å². The van der Waals surface area contributed by atoms with Gasteiger partial charge in [0.2, 0.25) is 5.91 Å². The summed E-state index contributed by atoms with van der Waals surface area (Å²) in [5.41, 5.74) is 3.20. The van der Waals surface area contributed by atoms with E-state index in [1.807, 2.05) is 46.7 Å². The minimum atomic E-state index is -0.548. The highest BCUT2D eigenvalue weighted by atomic mass is 35.5. The van der Waals surface area contributed by atoms with Gasteiger partial charge in [-0.15, -0.1) is 0 Å². The highest BCUT2D eigenvalue weighted by molar-refractivity contribution is 8.16. The third-order valence-corrected chi connectivity index (χ3v) is 6.37. The molecule has 1 amide bonds. The van der Waals surface area contributed by atoms with Crippen molar-refractivity contribution in [3.63, 3.8) is 0 Å². The van der Waals surface area contributed by atoms with Gasteiger partial charge in [0.25, 0.3) is 0 Å². The summed E-state index contributed by atoms with van der Waals surface area (Å²) in [4.78, 5) is 36.1. The fourth-order valence-electron chi connectivity index (χ4n) is 3.65. The fraction of sp³-hybridized carbons (Fsp3) is 0.217. The summed E-state index contributed by atoms with van der Waals surface area (Å²) in [6.07, 6.45) is 1.80. The van der Waals surface area contributed by atoms with Crippen molar-refractivity contribution in [1.82, 2.24) is 15.2 Å². The van der Waals surface area contributed by atoms with Crippen LogP contribution in [0.4, 0.5) is 0 Å². The van der Waals surface area contributed by atoms with Gasteiger partial charge in [-0.25, -0.2) is 9.79 Å². The molecule has 0 unspecified atom stereocenters. The SMILES string of the molecule is COC(=O)C1=C(C)N=C2SC=C(CC(=O)NCc3ccccn3)N2[C@@H]1c1ccccc1Cl. The molecule has 0 fully saturated rings. The van der Waals surface area contributed by atoms with Crippen molar-refractivity contribution in [1.29, 1.82) is 0 Å². The van der Waals surface area contributed by atoms with Crippen LogP contribution in [-0.4, -0.2) is 34.0 Å². The van der Waals surface area contributed by atoms with E-state index in [0.29, 0.717) is 28.0 Å². The third-order valence-electron chi connectivity index (χ3n) is 5.14. The van der Waals surface area contributed by atoms with E-state index in [1.54, 1.807) is 19.2 Å². The third kappa shape index (κ3) is 4.42. The molecule has 2 aromatic rings. The number of benzene rings is 1. The van der Waals surface area contributed by atoms with E-state index in [4.69, 9.17) is 16.3 Å². The average molecular weight is 469 g/mol. The molecule has 0 aliphatic carbocycles. The number of aliphatic imine (C=N–C) groups is 1. The number of nitrogens with one attached hydrogen (secondary N) is 1. The largest absolute Gasteiger partial charge is 0.466 e. The molecular formula is C23H21ClN4O3S. The number of nitrogens with zero attached hydrogens (tertiary/aromatic N) is 3. The first-order chi connectivity index (χ1) is 15.5. The molecule has 32 heavy (non-hydrogen) atoms. The van der Waals surface area contributed by atoms with E-state index in [9.17, 15) is 9.59 Å². The zero-order valence-corrected chi connectivity index (χ0v) is 19.1. The first-order valence-electron chi connectivity index (χ1n) is 9.93. The van der Waals surface area contributed by atoms with E-state index in [-0.39, 0.29) is 12.3 Å². The van der Waals surface area contributed by atoms with Gasteiger partial charge < -0.3 is 15.0 Å². The Morgan fingerprint density at radius 1 is 1.22 bits per heavy atom. The molecule has 0 spiro atoms. The zero-order valence-electron chi connectivity index (χ0n) is 17.5. The summed E-state index contributed by atoms with van der Waals surface area (Å²) in [5.74, 6) is -0.640. The normalized spacial score (nSPS) is 17.5. The Hall–Kier alpha value is -3.10. The number of carbonyl (C=O) groups excluding carboxylic acids is 2. The van der Waals surface area contributed by atoms with Crippen molar-refractivity contribution in [2.75, 3.05) is 7.11 Å². The van der Waals surface area contributed by atoms with Gasteiger partial charge in [0.15, 0.2) is 5.17 Å². The predicted octanol–water partition coefficient (Wildman–Crippen LogP) is 4.19. The van der Waals surface area contributed by atoms with E-state index < -0.39 is 12.0 Å². The monoisotopic (exact) mass is 468 g/mol. The Labute approximate surface area is 195 Å². The Morgan fingerprint density at radius 2 is 2.00 bits per heavy atom. The lowest BCUT2D eigenvalue weighted by Gasteiger charge is -2.36. The fourth-order valence-corrected chi connectivity index (χ4v) is 4.85. The van der Waals surface area contributed by atoms with Crippen LogP contribution in [0.5, 0.6) is 0 Å². The highest BCUT2D eigenvalue weighted by Gasteiger charge is 2.41. The van der Waals surface area contributed by atoms with Gasteiger partial charge in [-0.1, -0.05) is 47.6 Å². The predicted molar refractivity (Wildman–Crippen MR) is 125 cm³/mol. The summed E-state index contributed by atoms with van der Waals surface area (Å²) >= 11 is 7.94. The van der Waals surface area contributed by atoms with Gasteiger partial charge in [0, 0.05) is 16.9 Å². The number of amidine groups is 1. The summed E-state index contributed by atoms with van der Waals surface area (Å²) in [5, 5.41) is 5.98. The molecule has 1 N–H and O–H groups in total. The number of pyridine rings is 1. The summed E-state index contributed by atoms with van der Waals surface area (Å²) in [7, 11) is 1.34. The van der Waals surface area contributed by atoms with Crippen LogP contribution in [0.25, 0.3) is 0 Å². The van der Waals surface area contributed by atoms with Crippen LogP contribution in [0.2, 0.25) is 5.02 Å². The van der Waals surface area contributed by atoms with Gasteiger partial charge in [-0.3, -0.25) is 9.78 Å². The number of esters is 1. The quantitative estimate of drug-likeness (QED) is 0.640. The van der Waals surface area contributed by atoms with Gasteiger partial charge in [-0.05, 0) is 36.1 Å². The Bertz CT molecular complexity index is 1150. The van der Waals surface area contributed by atoms with Crippen LogP contribution >= 0.6 is 23.4 Å². The highest BCUT2D eigenvalue weighted by Crippen LogP contribution is 2.46. The molecule has 0 bridgehead atoms. The lowest BCUT2D eigenvalue weighted by Crippen LogP contribution is -2.38. The summed E-state index contributed by atoms with van der Waals surface area (Å²) < 4.78 is 5.06. The zero-order chi connectivity index (χ0) is 22.7. The molecule has 0 radical (unpaired) electrons. The van der Waals surface area contributed by atoms with Crippen LogP contribution in [-0.2, 0) is 20.9 Å². The van der Waals surface area contributed by atoms with Gasteiger partial charge in [0.05, 0.1) is 43.1 Å². The van der Waals surface area contributed by atoms with Crippen molar-refractivity contribution >= 4 is 40.4 Å². The van der Waals surface area contributed by atoms with Crippen LogP contribution < -0.4 is 5.32 Å². The number of aromatic nitrogens is 1. The maximum atomic E-state index is 12.7. The molecule has 2 aliphatic rings. The molecule has 3 heterocycles. The van der Waals surface area contributed by atoms with E-state index in [2.05, 4.69) is 15.3 Å². The molecule has 2 aliphatic heterocycles. The Morgan fingerprint density at radius 3 is 2.72 bits per heavy atom. The number of methoxy groups -OCH3 is 1. The first kappa shape index (κ1) is 22.1. The number of ether oxygens (including phenoxy) is 1. The van der Waals surface area contributed by atoms with E-state index in [0.717, 1.165) is 17.0 Å². The number of halogens is 1. The van der Waals surface area contributed by atoms with Gasteiger partial charge >= 0.3 is 5.97 Å². The topological polar surface area (TPSA) is 83.9 Å². The smallest absolute Gasteiger partial charge is 0.338 e. The summed E-state index contributed by atoms with van der Waals surface area (Å²) in [6, 6.07) is 12.3. The number of hydrogen-bond acceptors (Lipinski definition) is 7. The van der Waals surface area contributed by atoms with Crippen molar-refractivity contribution in [2.45, 2.75) is 25.9 Å². The second-order valence-corrected chi connectivity index (χ2v) is 8.42. The second-order valence-electron chi connectivity index (χ2n) is 7.18. The number of rotatable bonds is 6. The molecule has 164 valence electrons. The van der Waals surface area contributed by atoms with Crippen molar-refractivity contribution in [2.24, 2.45) is 4.99 Å². The molecule has 0 saturated carbocycles. The number of amides is 1. The van der Waals surface area contributed by atoms with Crippen LogP contribution in [0.15, 0.2) is 76.0 Å². The standard InChI is InChI=1S/C23H21ClN4O3S/c1-14-20(22(30)31-2)21(17-8-3-4-9-18(17)24)28-16(13-32-23(28)27-14)11-19(29)26-12-15-7-5-6-10-25-15/h3-10,13,21H,11-12H2,1-2H3,(H,26,29)/t21-/m1/s1. The molecule has 9 heteroatoms. The number of thioether (sulfide) groups is 1. The minimum absolute atomic E-state index is 0.118. The van der Waals surface area contributed by atoms with E-state index >= 15 is 0 Å². The maximum absolute atomic E-state index is 12.7. The maximum Gasteiger partial charge on any atom is 0.338 e. The molecular weight excluding hydrogens is 448 g/mol.